The van der Waals surface area contributed by atoms with Gasteiger partial charge >= 0.3 is 17.9 Å². The van der Waals surface area contributed by atoms with Crippen molar-refractivity contribution in [3.63, 3.8) is 0 Å². The molecule has 6 rings (SSSR count). The maximum atomic E-state index is 15.0. The summed E-state index contributed by atoms with van der Waals surface area (Å²) in [6.45, 7) is 7.40. The van der Waals surface area contributed by atoms with Gasteiger partial charge < -0.3 is 34.3 Å². The first-order valence-corrected chi connectivity index (χ1v) is 15.8. The van der Waals surface area contributed by atoms with Gasteiger partial charge in [0.2, 0.25) is 5.78 Å². The Morgan fingerprint density at radius 3 is 2.27 bits per heavy atom. The van der Waals surface area contributed by atoms with Gasteiger partial charge in [-0.25, -0.2) is 4.79 Å². The second-order valence-corrected chi connectivity index (χ2v) is 14.3. The summed E-state index contributed by atoms with van der Waals surface area (Å²) in [7, 11) is 0. The lowest BCUT2D eigenvalue weighted by Crippen LogP contribution is -2.81. The Morgan fingerprint density at radius 2 is 1.71 bits per heavy atom. The van der Waals surface area contributed by atoms with E-state index < -0.39 is 82.0 Å². The molecule has 3 N–H and O–H groups in total. The molecule has 3 saturated carbocycles. The zero-order valence-corrected chi connectivity index (χ0v) is 26.3. The molecule has 45 heavy (non-hydrogen) atoms. The SMILES string of the molecule is CC(=O)OC1=C2C(C)C(O)CC(O)(C(OC(=O)c3ccccc3)C3C4(OC(=O)C5CCC5)COC4CC(O)C3(C)C1=O)C2(C)C. The Hall–Kier alpha value is -3.12. The zero-order valence-electron chi connectivity index (χ0n) is 26.3. The molecule has 1 aromatic carbocycles. The van der Waals surface area contributed by atoms with Gasteiger partial charge in [-0.2, -0.15) is 0 Å². The molecule has 0 aromatic heterocycles. The normalized spacial score (nSPS) is 40.4. The Labute approximate surface area is 261 Å². The summed E-state index contributed by atoms with van der Waals surface area (Å²) in [4.78, 5) is 54.9. The molecule has 0 spiro atoms. The average molecular weight is 627 g/mol. The van der Waals surface area contributed by atoms with Crippen LogP contribution < -0.4 is 0 Å². The van der Waals surface area contributed by atoms with Crippen molar-refractivity contribution in [3.05, 3.63) is 47.2 Å². The number of aliphatic hydroxyl groups excluding tert-OH is 2. The topological polar surface area (TPSA) is 166 Å². The highest BCUT2D eigenvalue weighted by Gasteiger charge is 2.78. The quantitative estimate of drug-likeness (QED) is 0.325. The number of rotatable bonds is 5. The van der Waals surface area contributed by atoms with E-state index in [1.54, 1.807) is 51.1 Å². The molecule has 0 radical (unpaired) electrons. The molecule has 1 saturated heterocycles. The fraction of sp³-hybridized carbons (Fsp3) is 0.647. The van der Waals surface area contributed by atoms with E-state index in [1.807, 2.05) is 0 Å². The fourth-order valence-electron chi connectivity index (χ4n) is 8.54. The van der Waals surface area contributed by atoms with Crippen molar-refractivity contribution in [2.24, 2.45) is 28.6 Å². The van der Waals surface area contributed by atoms with Crippen LogP contribution >= 0.6 is 0 Å². The van der Waals surface area contributed by atoms with Gasteiger partial charge in [-0.3, -0.25) is 14.4 Å². The van der Waals surface area contributed by atoms with Crippen molar-refractivity contribution in [1.82, 2.24) is 0 Å². The number of ketones is 1. The van der Waals surface area contributed by atoms with Gasteiger partial charge in [0, 0.05) is 31.1 Å². The molecule has 1 heterocycles. The Bertz CT molecular complexity index is 1450. The van der Waals surface area contributed by atoms with Crippen molar-refractivity contribution < 1.29 is 53.4 Å². The second-order valence-electron chi connectivity index (χ2n) is 14.3. The molecule has 244 valence electrons. The van der Waals surface area contributed by atoms with E-state index in [9.17, 15) is 34.5 Å². The third-order valence-electron chi connectivity index (χ3n) is 11.6. The molecule has 11 nitrogen and oxygen atoms in total. The smallest absolute Gasteiger partial charge is 0.338 e. The van der Waals surface area contributed by atoms with Gasteiger partial charge in [0.15, 0.2) is 11.4 Å². The number of carbonyl (C=O) groups is 4. The molecule has 11 heteroatoms. The van der Waals surface area contributed by atoms with Crippen molar-refractivity contribution in [2.75, 3.05) is 6.61 Å². The first kappa shape index (κ1) is 31.8. The molecule has 9 unspecified atom stereocenters. The predicted octanol–water partition coefficient (Wildman–Crippen LogP) is 2.64. The third-order valence-corrected chi connectivity index (χ3v) is 11.6. The lowest BCUT2D eigenvalue weighted by atomic mass is 9.45. The van der Waals surface area contributed by atoms with Gasteiger partial charge in [-0.05, 0) is 37.5 Å². The summed E-state index contributed by atoms with van der Waals surface area (Å²) >= 11 is 0. The molecule has 1 aliphatic heterocycles. The summed E-state index contributed by atoms with van der Waals surface area (Å²) in [5.74, 6) is -5.72. The number of benzene rings is 1. The minimum Gasteiger partial charge on any atom is -0.455 e. The third kappa shape index (κ3) is 4.45. The number of esters is 3. The van der Waals surface area contributed by atoms with Crippen LogP contribution in [0.4, 0.5) is 0 Å². The summed E-state index contributed by atoms with van der Waals surface area (Å²) in [6.07, 6.45) is -3.40. The standard InChI is InChI=1S/C34H42O11/c1-17-21(36)15-34(41)28(44-29(39)19-10-7-6-8-11-19)26-32(5,27(38)25(43-18(2)35)24(17)31(34,3)4)22(37)14-23-33(26,16-42-23)45-30(40)20-12-9-13-20/h6-8,10-11,17,20-23,26,28,36-37,41H,9,12-16H2,1-5H3. The molecule has 5 aliphatic rings. The summed E-state index contributed by atoms with van der Waals surface area (Å²) in [5.41, 5.74) is -6.68. The van der Waals surface area contributed by atoms with E-state index in [2.05, 4.69) is 0 Å². The van der Waals surface area contributed by atoms with Crippen LogP contribution in [0.25, 0.3) is 0 Å². The number of aliphatic hydroxyl groups is 3. The van der Waals surface area contributed by atoms with Crippen LogP contribution in [0, 0.1) is 28.6 Å². The largest absolute Gasteiger partial charge is 0.455 e. The van der Waals surface area contributed by atoms with Gasteiger partial charge in [0.25, 0.3) is 0 Å². The van der Waals surface area contributed by atoms with Crippen LogP contribution in [0.5, 0.6) is 0 Å². The number of allylic oxidation sites excluding steroid dienone is 1. The molecule has 4 fully saturated rings. The van der Waals surface area contributed by atoms with E-state index in [0.29, 0.717) is 12.8 Å². The number of fused-ring (bicyclic) bond motifs is 5. The number of carbonyl (C=O) groups excluding carboxylic acids is 4. The minimum atomic E-state index is -2.11. The molecule has 9 atom stereocenters. The molecular weight excluding hydrogens is 584 g/mol. The van der Waals surface area contributed by atoms with Crippen LogP contribution in [0.1, 0.15) is 77.1 Å². The van der Waals surface area contributed by atoms with Crippen LogP contribution in [-0.2, 0) is 33.3 Å². The van der Waals surface area contributed by atoms with Crippen molar-refractivity contribution in [2.45, 2.75) is 102 Å². The van der Waals surface area contributed by atoms with Crippen molar-refractivity contribution in [3.8, 4) is 0 Å². The monoisotopic (exact) mass is 626 g/mol. The Balaban J connectivity index is 1.64. The van der Waals surface area contributed by atoms with Crippen LogP contribution in [0.15, 0.2) is 41.7 Å². The maximum absolute atomic E-state index is 15.0. The van der Waals surface area contributed by atoms with E-state index in [-0.39, 0.29) is 42.3 Å². The van der Waals surface area contributed by atoms with Crippen LogP contribution in [-0.4, -0.2) is 81.2 Å². The van der Waals surface area contributed by atoms with Crippen molar-refractivity contribution in [1.29, 1.82) is 0 Å². The highest BCUT2D eigenvalue weighted by molar-refractivity contribution is 6.02. The molecule has 1 aromatic rings. The van der Waals surface area contributed by atoms with E-state index in [4.69, 9.17) is 18.9 Å². The summed E-state index contributed by atoms with van der Waals surface area (Å²) in [5, 5.41) is 36.3. The van der Waals surface area contributed by atoms with E-state index in [0.717, 1.165) is 13.3 Å². The van der Waals surface area contributed by atoms with Gasteiger partial charge in [-0.15, -0.1) is 0 Å². The number of hydrogen-bond donors (Lipinski definition) is 3. The maximum Gasteiger partial charge on any atom is 0.338 e. The fourth-order valence-corrected chi connectivity index (χ4v) is 8.54. The zero-order chi connectivity index (χ0) is 32.7. The highest BCUT2D eigenvalue weighted by Crippen LogP contribution is 2.64. The van der Waals surface area contributed by atoms with Gasteiger partial charge in [-0.1, -0.05) is 45.4 Å². The lowest BCUT2D eigenvalue weighted by molar-refractivity contribution is -0.347. The summed E-state index contributed by atoms with van der Waals surface area (Å²) in [6, 6.07) is 8.13. The lowest BCUT2D eigenvalue weighted by Gasteiger charge is -2.67. The molecular formula is C34H42O11. The molecule has 4 aliphatic carbocycles. The molecule has 0 amide bonds. The first-order valence-electron chi connectivity index (χ1n) is 15.8. The van der Waals surface area contributed by atoms with Crippen LogP contribution in [0.3, 0.4) is 0 Å². The van der Waals surface area contributed by atoms with E-state index in [1.165, 1.54) is 6.92 Å². The average Bonchev–Trinajstić information content (AvgIpc) is 2.94. The number of hydrogen-bond acceptors (Lipinski definition) is 11. The number of Topliss-reactive ketones (excluding diaryl/α,β-unsaturated/α-hetero) is 1. The van der Waals surface area contributed by atoms with Crippen LogP contribution in [0.2, 0.25) is 0 Å². The van der Waals surface area contributed by atoms with Crippen molar-refractivity contribution >= 4 is 23.7 Å². The predicted molar refractivity (Wildman–Crippen MR) is 156 cm³/mol. The summed E-state index contributed by atoms with van der Waals surface area (Å²) < 4.78 is 24.1. The highest BCUT2D eigenvalue weighted by atomic mass is 16.6. The Kier molecular flexibility index (Phi) is 7.59. The Morgan fingerprint density at radius 1 is 1.04 bits per heavy atom. The van der Waals surface area contributed by atoms with Gasteiger partial charge in [0.05, 0.1) is 41.6 Å². The van der Waals surface area contributed by atoms with E-state index >= 15 is 0 Å². The first-order chi connectivity index (χ1) is 21.1. The minimum absolute atomic E-state index is 0.0985. The molecule has 2 bridgehead atoms. The van der Waals surface area contributed by atoms with Gasteiger partial charge in [0.1, 0.15) is 17.8 Å². The number of ether oxygens (including phenoxy) is 4. The second kappa shape index (κ2) is 10.7.